The molecule has 4 aromatic rings. The van der Waals surface area contributed by atoms with E-state index < -0.39 is 0 Å². The van der Waals surface area contributed by atoms with E-state index in [0.29, 0.717) is 39.7 Å². The molecule has 0 aliphatic heterocycles. The van der Waals surface area contributed by atoms with Crippen molar-refractivity contribution in [3.8, 4) is 22.8 Å². The van der Waals surface area contributed by atoms with Gasteiger partial charge in [-0.15, -0.1) is 10.2 Å². The van der Waals surface area contributed by atoms with Crippen molar-refractivity contribution in [1.82, 2.24) is 20.3 Å². The smallest absolute Gasteiger partial charge is 0.277 e. The minimum Gasteiger partial charge on any atom is -0.469 e. The molecule has 27 heavy (non-hydrogen) atoms. The van der Waals surface area contributed by atoms with E-state index in [-0.39, 0.29) is 11.1 Å². The van der Waals surface area contributed by atoms with Crippen molar-refractivity contribution in [3.63, 3.8) is 0 Å². The second-order valence-corrected chi connectivity index (χ2v) is 7.24. The molecule has 0 amide bonds. The van der Waals surface area contributed by atoms with Crippen LogP contribution in [-0.2, 0) is 0 Å². The number of hydrogen-bond acceptors (Lipinski definition) is 8. The van der Waals surface area contributed by atoms with Crippen LogP contribution < -0.4 is 0 Å². The Kier molecular flexibility index (Phi) is 4.53. The predicted octanol–water partition coefficient (Wildman–Crippen LogP) is 4.99. The zero-order valence-corrected chi connectivity index (χ0v) is 15.6. The Morgan fingerprint density at radius 3 is 2.74 bits per heavy atom. The van der Waals surface area contributed by atoms with Gasteiger partial charge in [0.1, 0.15) is 11.6 Å². The summed E-state index contributed by atoms with van der Waals surface area (Å²) in [5.41, 5.74) is 1.87. The summed E-state index contributed by atoms with van der Waals surface area (Å²) in [6, 6.07) is 6.59. The van der Waals surface area contributed by atoms with Gasteiger partial charge >= 0.3 is 0 Å². The van der Waals surface area contributed by atoms with Gasteiger partial charge in [-0.05, 0) is 38.5 Å². The summed E-state index contributed by atoms with van der Waals surface area (Å²) < 4.78 is 30.0. The van der Waals surface area contributed by atoms with Gasteiger partial charge in [-0.1, -0.05) is 29.1 Å². The molecule has 0 saturated heterocycles. The first-order chi connectivity index (χ1) is 13.0. The Bertz CT molecular complexity index is 1090. The van der Waals surface area contributed by atoms with E-state index >= 15 is 0 Å². The maximum Gasteiger partial charge on any atom is 0.277 e. The van der Waals surface area contributed by atoms with Crippen LogP contribution in [0.5, 0.6) is 0 Å². The summed E-state index contributed by atoms with van der Waals surface area (Å²) in [4.78, 5) is 4.35. The topological polar surface area (TPSA) is 91.0 Å². The molecule has 0 fully saturated rings. The summed E-state index contributed by atoms with van der Waals surface area (Å²) in [5.74, 6) is 1.49. The van der Waals surface area contributed by atoms with Crippen LogP contribution in [0, 0.1) is 19.7 Å². The molecule has 4 rings (SSSR count). The van der Waals surface area contributed by atoms with Gasteiger partial charge in [0.25, 0.3) is 11.1 Å². The normalized spacial score (nSPS) is 12.4. The third-order valence-corrected chi connectivity index (χ3v) is 4.91. The molecule has 3 heterocycles. The zero-order chi connectivity index (χ0) is 19.0. The number of thioether (sulfide) groups is 1. The molecule has 138 valence electrons. The molecule has 0 bridgehead atoms. The molecule has 0 saturated carbocycles. The molecule has 1 unspecified atom stereocenters. The number of furan rings is 1. The minimum absolute atomic E-state index is 0.222. The molecular weight excluding hydrogens is 371 g/mol. The first kappa shape index (κ1) is 17.5. The molecule has 7 nitrogen and oxygen atoms in total. The molecule has 9 heteroatoms. The van der Waals surface area contributed by atoms with Crippen molar-refractivity contribution in [2.24, 2.45) is 0 Å². The number of hydrogen-bond donors (Lipinski definition) is 0. The monoisotopic (exact) mass is 386 g/mol. The van der Waals surface area contributed by atoms with E-state index in [1.54, 1.807) is 31.4 Å². The predicted molar refractivity (Wildman–Crippen MR) is 95.4 cm³/mol. The number of nitrogens with zero attached hydrogens (tertiary/aromatic N) is 4. The average Bonchev–Trinajstić information content (AvgIpc) is 3.37. The van der Waals surface area contributed by atoms with Gasteiger partial charge in [-0.3, -0.25) is 0 Å². The number of rotatable bonds is 5. The second kappa shape index (κ2) is 6.99. The van der Waals surface area contributed by atoms with E-state index in [4.69, 9.17) is 13.4 Å². The first-order valence-electron chi connectivity index (χ1n) is 8.16. The van der Waals surface area contributed by atoms with Crippen molar-refractivity contribution in [2.75, 3.05) is 0 Å². The lowest BCUT2D eigenvalue weighted by molar-refractivity contribution is 0.379. The van der Waals surface area contributed by atoms with Gasteiger partial charge in [-0.25, -0.2) is 4.39 Å². The third kappa shape index (κ3) is 3.50. The summed E-state index contributed by atoms with van der Waals surface area (Å²) in [6.45, 7) is 5.40. The zero-order valence-electron chi connectivity index (χ0n) is 14.8. The van der Waals surface area contributed by atoms with E-state index in [1.807, 2.05) is 13.8 Å². The Labute approximate surface area is 158 Å². The molecule has 1 atom stereocenters. The lowest BCUT2D eigenvalue weighted by Crippen LogP contribution is -1.90. The van der Waals surface area contributed by atoms with Crippen molar-refractivity contribution in [3.05, 3.63) is 53.6 Å². The Morgan fingerprint density at radius 2 is 2.00 bits per heavy atom. The van der Waals surface area contributed by atoms with Gasteiger partial charge in [-0.2, -0.15) is 4.98 Å². The van der Waals surface area contributed by atoms with Crippen molar-refractivity contribution >= 4 is 11.8 Å². The molecule has 0 aliphatic carbocycles. The highest BCUT2D eigenvalue weighted by atomic mass is 32.2. The molecule has 0 spiro atoms. The van der Waals surface area contributed by atoms with Crippen LogP contribution in [-0.4, -0.2) is 20.3 Å². The second-order valence-electron chi connectivity index (χ2n) is 5.94. The van der Waals surface area contributed by atoms with E-state index in [2.05, 4.69) is 20.3 Å². The average molecular weight is 386 g/mol. The van der Waals surface area contributed by atoms with Crippen LogP contribution in [0.15, 0.2) is 49.1 Å². The highest BCUT2D eigenvalue weighted by Crippen LogP contribution is 2.35. The number of halogens is 1. The van der Waals surface area contributed by atoms with Crippen LogP contribution in [0.3, 0.4) is 0 Å². The van der Waals surface area contributed by atoms with Gasteiger partial charge in [0.2, 0.25) is 11.7 Å². The van der Waals surface area contributed by atoms with Gasteiger partial charge in [0.05, 0.1) is 17.1 Å². The maximum atomic E-state index is 13.7. The number of aryl methyl sites for hydroxylation is 2. The number of benzene rings is 1. The Balaban J connectivity index is 1.50. The van der Waals surface area contributed by atoms with Crippen molar-refractivity contribution in [1.29, 1.82) is 0 Å². The first-order valence-corrected chi connectivity index (χ1v) is 9.04. The maximum absolute atomic E-state index is 13.7. The highest BCUT2D eigenvalue weighted by Gasteiger charge is 2.21. The summed E-state index contributed by atoms with van der Waals surface area (Å²) in [7, 11) is 0. The van der Waals surface area contributed by atoms with Crippen LogP contribution in [0.25, 0.3) is 22.8 Å². The fourth-order valence-electron chi connectivity index (χ4n) is 2.42. The van der Waals surface area contributed by atoms with Crippen molar-refractivity contribution in [2.45, 2.75) is 31.2 Å². The third-order valence-electron chi connectivity index (χ3n) is 3.99. The molecule has 3 aromatic heterocycles. The van der Waals surface area contributed by atoms with Gasteiger partial charge < -0.3 is 13.4 Å². The molecular formula is C18H15FN4O3S. The quantitative estimate of drug-likeness (QED) is 0.443. The van der Waals surface area contributed by atoms with Crippen LogP contribution in [0.4, 0.5) is 4.39 Å². The molecule has 0 radical (unpaired) electrons. The summed E-state index contributed by atoms with van der Waals surface area (Å²) in [6.07, 6.45) is 1.57. The largest absolute Gasteiger partial charge is 0.469 e. The lowest BCUT2D eigenvalue weighted by atomic mass is 10.1. The molecule has 0 N–H and O–H groups in total. The van der Waals surface area contributed by atoms with Crippen LogP contribution in [0.1, 0.15) is 29.4 Å². The van der Waals surface area contributed by atoms with Crippen molar-refractivity contribution < 1.29 is 17.7 Å². The lowest BCUT2D eigenvalue weighted by Gasteiger charge is -2.01. The van der Waals surface area contributed by atoms with Gasteiger partial charge in [0.15, 0.2) is 0 Å². The fourth-order valence-corrected chi connectivity index (χ4v) is 3.14. The summed E-state index contributed by atoms with van der Waals surface area (Å²) in [5, 5.41) is 12.1. The SMILES string of the molecule is Cc1ccc(-c2noc(C(C)Sc3nnc(-c4ccoc4C)o3)n2)cc1F. The van der Waals surface area contributed by atoms with Crippen LogP contribution >= 0.6 is 11.8 Å². The highest BCUT2D eigenvalue weighted by molar-refractivity contribution is 7.99. The van der Waals surface area contributed by atoms with E-state index in [9.17, 15) is 4.39 Å². The van der Waals surface area contributed by atoms with E-state index in [0.717, 1.165) is 5.56 Å². The summed E-state index contributed by atoms with van der Waals surface area (Å²) >= 11 is 1.29. The molecule has 0 aliphatic rings. The van der Waals surface area contributed by atoms with Crippen LogP contribution in [0.2, 0.25) is 0 Å². The fraction of sp³-hybridized carbons (Fsp3) is 0.222. The Hall–Kier alpha value is -2.94. The Morgan fingerprint density at radius 1 is 1.15 bits per heavy atom. The standard InChI is InChI=1S/C18H15FN4O3S/c1-9-4-5-12(8-14(9)19)15-20-16(26-23-15)11(3)27-18-22-21-17(25-18)13-6-7-24-10(13)2/h4-8,11H,1-3H3. The van der Waals surface area contributed by atoms with Gasteiger partial charge in [0, 0.05) is 5.56 Å². The molecule has 1 aromatic carbocycles. The number of aromatic nitrogens is 4. The minimum atomic E-state index is -0.311. The van der Waals surface area contributed by atoms with E-state index in [1.165, 1.54) is 17.8 Å².